The van der Waals surface area contributed by atoms with Crippen molar-refractivity contribution in [3.05, 3.63) is 47.5 Å². The van der Waals surface area contributed by atoms with Crippen molar-refractivity contribution in [2.45, 2.75) is 231 Å². The van der Waals surface area contributed by atoms with Gasteiger partial charge in [-0.05, 0) is 193 Å². The molecular formula is C72H107F2N15O13S2. The number of alkyl halides is 2. The predicted molar refractivity (Wildman–Crippen MR) is 388 cm³/mol. The van der Waals surface area contributed by atoms with E-state index in [-0.39, 0.29) is 106 Å². The van der Waals surface area contributed by atoms with Crippen molar-refractivity contribution in [2.75, 3.05) is 57.4 Å². The minimum Gasteiger partial charge on any atom is -0.481 e. The minimum absolute atomic E-state index is 0.0445. The zero-order valence-electron chi connectivity index (χ0n) is 59.1. The van der Waals surface area contributed by atoms with E-state index in [2.05, 4.69) is 69.9 Å². The second kappa shape index (κ2) is 38.6. The Balaban J connectivity index is 0.945. The number of hydrogen-bond acceptors (Lipinski definition) is 19. The molecule has 574 valence electrons. The number of carbonyl (C=O) groups excluding carboxylic acids is 10. The first-order chi connectivity index (χ1) is 50.0. The zero-order chi connectivity index (χ0) is 74.0. The van der Waals surface area contributed by atoms with E-state index in [0.717, 1.165) is 21.9 Å². The van der Waals surface area contributed by atoms with Crippen LogP contribution in [0.25, 0.3) is 10.8 Å². The van der Waals surface area contributed by atoms with Crippen LogP contribution in [0.3, 0.4) is 0 Å². The Hall–Kier alpha value is -6.81. The summed E-state index contributed by atoms with van der Waals surface area (Å²) in [5.74, 6) is -9.10. The third-order valence-electron chi connectivity index (χ3n) is 22.4. The Labute approximate surface area is 614 Å². The third kappa shape index (κ3) is 22.6. The number of nitrogens with one attached hydrogen (secondary N) is 12. The van der Waals surface area contributed by atoms with Crippen LogP contribution >= 0.6 is 23.5 Å². The van der Waals surface area contributed by atoms with E-state index in [0.29, 0.717) is 121 Å². The SMILES string of the molecule is NCCCC[C@@H]1NC(=O)CCSCc2ccc3cc(ccc3c2)CSC[C@@H](C(N)=O)NC(=O)[C@@H]2CCCN2C(=O)[C@H](CC2CCC(O)CC2)NC(=O)[C@H](CC2CNCN2)NC(=O)[C@H](CC(=O)O)NC(=O)[C@H](CC2CNC3CCC(F)CC23)NC(=O)[C@H](CC2CNC3CCC(F)CC23)NC(=O)CNC1=O. The van der Waals surface area contributed by atoms with Crippen LogP contribution in [0, 0.1) is 29.6 Å². The largest absolute Gasteiger partial charge is 0.481 e. The number of halogens is 2. The van der Waals surface area contributed by atoms with E-state index in [1.165, 1.54) is 28.4 Å². The van der Waals surface area contributed by atoms with Gasteiger partial charge in [-0.25, -0.2) is 8.78 Å². The Bertz CT molecular complexity index is 3360. The Morgan fingerprint density at radius 1 is 0.587 bits per heavy atom. The Morgan fingerprint density at radius 3 is 1.76 bits per heavy atom. The number of nitrogens with zero attached hydrogens (tertiary/aromatic N) is 1. The van der Waals surface area contributed by atoms with Gasteiger partial charge in [0.15, 0.2) is 0 Å². The first-order valence-corrected chi connectivity index (χ1v) is 39.8. The van der Waals surface area contributed by atoms with Gasteiger partial charge < -0.3 is 90.4 Å². The molecule has 3 aliphatic carbocycles. The molecule has 6 aliphatic heterocycles. The molecule has 17 atom stereocenters. The van der Waals surface area contributed by atoms with Gasteiger partial charge in [0, 0.05) is 67.3 Å². The van der Waals surface area contributed by atoms with E-state index < -0.39 is 157 Å². The number of fused-ring (bicyclic) bond motifs is 34. The second-order valence-corrected chi connectivity index (χ2v) is 32.1. The molecule has 32 heteroatoms. The van der Waals surface area contributed by atoms with Crippen molar-refractivity contribution in [2.24, 2.45) is 41.1 Å². The van der Waals surface area contributed by atoms with Gasteiger partial charge in [0.05, 0.1) is 19.1 Å². The van der Waals surface area contributed by atoms with E-state index >= 15 is 28.0 Å². The average Bonchev–Trinajstić information content (AvgIpc) is 1.76. The van der Waals surface area contributed by atoms with E-state index in [1.807, 2.05) is 30.3 Å². The number of aliphatic hydroxyl groups is 1. The highest BCUT2D eigenvalue weighted by Crippen LogP contribution is 2.40. The highest BCUT2D eigenvalue weighted by molar-refractivity contribution is 7.98. The molecule has 3 saturated carbocycles. The lowest BCUT2D eigenvalue weighted by Crippen LogP contribution is -2.61. The number of primary amides is 1. The van der Waals surface area contributed by atoms with Crippen LogP contribution in [-0.4, -0.2) is 223 Å². The molecule has 0 aromatic heterocycles. The number of thioether (sulfide) groups is 2. The lowest BCUT2D eigenvalue weighted by molar-refractivity contribution is -0.143. The Morgan fingerprint density at radius 2 is 1.16 bits per heavy atom. The molecular weight excluding hydrogens is 1390 g/mol. The molecule has 9 aliphatic rings. The molecule has 10 amide bonds. The van der Waals surface area contributed by atoms with Crippen molar-refractivity contribution in [3.8, 4) is 0 Å². The third-order valence-corrected chi connectivity index (χ3v) is 24.5. The topological polar surface area (TPSA) is 428 Å². The molecule has 104 heavy (non-hydrogen) atoms. The van der Waals surface area contributed by atoms with E-state index in [1.54, 1.807) is 0 Å². The zero-order valence-corrected chi connectivity index (χ0v) is 60.8. The maximum absolute atomic E-state index is 15.3. The number of unbranched alkanes of at least 4 members (excludes halogenated alkanes) is 1. The first-order valence-electron chi connectivity index (χ1n) is 37.5. The van der Waals surface area contributed by atoms with Gasteiger partial charge in [-0.15, -0.1) is 0 Å². The van der Waals surface area contributed by atoms with E-state index in [4.69, 9.17) is 11.5 Å². The molecule has 7 fully saturated rings. The molecule has 11 rings (SSSR count). The van der Waals surface area contributed by atoms with Crippen molar-refractivity contribution in [3.63, 3.8) is 0 Å². The van der Waals surface area contributed by atoms with Crippen LogP contribution in [0.2, 0.25) is 0 Å². The quantitative estimate of drug-likeness (QED) is 0.0847. The number of benzene rings is 2. The highest BCUT2D eigenvalue weighted by Gasteiger charge is 2.47. The lowest BCUT2D eigenvalue weighted by Gasteiger charge is -2.34. The monoisotopic (exact) mass is 1490 g/mol. The summed E-state index contributed by atoms with van der Waals surface area (Å²) in [5.41, 5.74) is 13.7. The number of carboxylic acid groups (broad SMARTS) is 1. The van der Waals surface area contributed by atoms with Gasteiger partial charge in [0.2, 0.25) is 59.1 Å². The summed E-state index contributed by atoms with van der Waals surface area (Å²) < 4.78 is 30.5. The van der Waals surface area contributed by atoms with Crippen molar-refractivity contribution >= 4 is 99.3 Å². The lowest BCUT2D eigenvalue weighted by atomic mass is 9.76. The molecule has 2 aromatic rings. The number of rotatable bonds is 15. The number of amides is 10. The van der Waals surface area contributed by atoms with Crippen LogP contribution in [0.15, 0.2) is 36.4 Å². The van der Waals surface area contributed by atoms with Gasteiger partial charge >= 0.3 is 5.97 Å². The molecule has 4 saturated heterocycles. The van der Waals surface area contributed by atoms with Gasteiger partial charge in [-0.1, -0.05) is 36.4 Å². The van der Waals surface area contributed by atoms with Crippen LogP contribution in [0.1, 0.15) is 146 Å². The van der Waals surface area contributed by atoms with Crippen molar-refractivity contribution in [1.82, 2.24) is 68.7 Å². The summed E-state index contributed by atoms with van der Waals surface area (Å²) in [6.45, 7) is 1.17. The maximum atomic E-state index is 15.3. The number of aliphatic hydroxyl groups excluding tert-OH is 1. The van der Waals surface area contributed by atoms with E-state index in [9.17, 15) is 43.8 Å². The van der Waals surface area contributed by atoms with Crippen LogP contribution in [0.4, 0.5) is 8.78 Å². The summed E-state index contributed by atoms with van der Waals surface area (Å²) in [6.07, 6.45) is 1.93. The molecule has 28 nitrogen and oxygen atoms in total. The van der Waals surface area contributed by atoms with Gasteiger partial charge in [-0.3, -0.25) is 52.7 Å². The van der Waals surface area contributed by atoms with Gasteiger partial charge in [-0.2, -0.15) is 23.5 Å². The fourth-order valence-electron chi connectivity index (χ4n) is 16.7. The number of carboxylic acids is 1. The summed E-state index contributed by atoms with van der Waals surface area (Å²) in [7, 11) is 0. The fourth-order valence-corrected chi connectivity index (χ4v) is 18.6. The highest BCUT2D eigenvalue weighted by atomic mass is 32.2. The summed E-state index contributed by atoms with van der Waals surface area (Å²) in [4.78, 5) is 159. The number of hydrogen-bond donors (Lipinski definition) is 16. The number of nitrogens with two attached hydrogens (primary N) is 2. The fraction of sp³-hybridized carbons (Fsp3) is 0.708. The smallest absolute Gasteiger partial charge is 0.305 e. The second-order valence-electron chi connectivity index (χ2n) is 29.9. The van der Waals surface area contributed by atoms with Crippen molar-refractivity contribution in [1.29, 1.82) is 0 Å². The molecule has 4 bridgehead atoms. The van der Waals surface area contributed by atoms with Gasteiger partial charge in [0.1, 0.15) is 60.7 Å². The predicted octanol–water partition coefficient (Wildman–Crippen LogP) is 0.382. The molecule has 0 spiro atoms. The van der Waals surface area contributed by atoms with Crippen molar-refractivity contribution < 1.29 is 71.7 Å². The Kier molecular flexibility index (Phi) is 29.6. The average molecular weight is 1490 g/mol. The summed E-state index contributed by atoms with van der Waals surface area (Å²) in [5, 5.41) is 58.2. The molecule has 2 aromatic carbocycles. The maximum Gasteiger partial charge on any atom is 0.305 e. The normalized spacial score (nSPS) is 34.0. The molecule has 9 unspecified atom stereocenters. The first kappa shape index (κ1) is 79.7. The number of carbonyl (C=O) groups is 11. The van der Waals surface area contributed by atoms with Gasteiger partial charge in [0.25, 0.3) is 0 Å². The summed E-state index contributed by atoms with van der Waals surface area (Å²) in [6, 6.07) is 0.563. The standard InChI is InChI=1S/C72H107F2N15O13S2/c73-46-12-16-52-50(27-46)44(31-78-52)25-55-67(97)84-56(26-45-32-79-53-17-13-47(74)28-51(45)53)68(98)86-58(30-64(93)94)70(100)85-57(29-48-33-77-38-81-48)69(99)87-59(24-39-8-14-49(90)15-9-39)72(102)89-20-3-5-61(89)71(101)88-60(65(76)95)37-104-36-41-7-11-42-22-40(6-10-43(42)23-41)35-103-21-18-62(91)82-54(4-1-2-19-75)66(96)80-34-63(92)83-55/h6-7,10-11,22-23,39,44-61,77-79,81,90H,1-5,8-9,12-21,24-38,75H2,(H2,76,95)(H,80,96)(H,82,91)(H,83,92)(H,84,97)(H,85,100)(H,86,98)(H,87,99)(H,88,101)(H,93,94)/t39?,44?,45?,46?,47?,48?,49?,50?,51?,52?,53?,54-,55-,56-,57-,58-,59-,60-,61-/m0/s1. The number of aliphatic carboxylic acids is 1. The molecule has 0 radical (unpaired) electrons. The summed E-state index contributed by atoms with van der Waals surface area (Å²) >= 11 is 2.92. The van der Waals surface area contributed by atoms with Crippen LogP contribution in [-0.2, 0) is 64.2 Å². The van der Waals surface area contributed by atoms with Crippen LogP contribution < -0.4 is 75.3 Å². The minimum atomic E-state index is -1.91. The molecule has 6 heterocycles. The molecule has 18 N–H and O–H groups in total. The van der Waals surface area contributed by atoms with Crippen LogP contribution in [0.5, 0.6) is 0 Å².